The van der Waals surface area contributed by atoms with E-state index in [2.05, 4.69) is 63.3 Å². The van der Waals surface area contributed by atoms with Gasteiger partial charge in [0, 0.05) is 31.6 Å². The number of hydrogen-bond donors (Lipinski definition) is 2. The van der Waals surface area contributed by atoms with Gasteiger partial charge in [-0.1, -0.05) is 43.3 Å². The molecular weight excluding hydrogens is 544 g/mol. The quantitative estimate of drug-likeness (QED) is 0.360. The van der Waals surface area contributed by atoms with Crippen molar-refractivity contribution in [2.75, 3.05) is 31.1 Å². The van der Waals surface area contributed by atoms with Crippen molar-refractivity contribution in [3.63, 3.8) is 0 Å². The number of anilines is 1. The van der Waals surface area contributed by atoms with Crippen molar-refractivity contribution in [2.45, 2.75) is 57.0 Å². The van der Waals surface area contributed by atoms with Crippen molar-refractivity contribution in [3.8, 4) is 0 Å². The van der Waals surface area contributed by atoms with Gasteiger partial charge < -0.3 is 20.0 Å². The summed E-state index contributed by atoms with van der Waals surface area (Å²) in [7, 11) is 0. The molecule has 4 aromatic rings. The number of amides is 1. The van der Waals surface area contributed by atoms with Gasteiger partial charge in [-0.2, -0.15) is 0 Å². The molecule has 2 unspecified atom stereocenters. The van der Waals surface area contributed by atoms with Gasteiger partial charge >= 0.3 is 5.97 Å². The Labute approximate surface area is 250 Å². The lowest BCUT2D eigenvalue weighted by atomic mass is 9.82. The third-order valence-electron chi connectivity index (χ3n) is 10.0. The fourth-order valence-electron chi connectivity index (χ4n) is 7.55. The lowest BCUT2D eigenvalue weighted by Gasteiger charge is -2.27. The van der Waals surface area contributed by atoms with Crippen LogP contribution in [0.1, 0.15) is 77.0 Å². The number of carbonyl (C=O) groups is 2. The zero-order chi connectivity index (χ0) is 30.0. The Bertz CT molecular complexity index is 1740. The van der Waals surface area contributed by atoms with Crippen molar-refractivity contribution >= 4 is 23.2 Å². The highest BCUT2D eigenvalue weighted by atomic mass is 16.4. The monoisotopic (exact) mass is 580 g/mol. The molecule has 0 radical (unpaired) electrons. The number of likely N-dealkylation sites (tertiary alicyclic amines) is 1. The van der Waals surface area contributed by atoms with Gasteiger partial charge in [0.15, 0.2) is 5.65 Å². The molecule has 1 spiro atoms. The fraction of sp³-hybridized carbons (Fsp3) is 0.424. The summed E-state index contributed by atoms with van der Waals surface area (Å²) in [5, 5.41) is 25.5. The van der Waals surface area contributed by atoms with Gasteiger partial charge in [-0.25, -0.2) is 19.3 Å². The van der Waals surface area contributed by atoms with Crippen LogP contribution >= 0.6 is 0 Å². The molecule has 10 heteroatoms. The molecule has 3 aliphatic rings. The van der Waals surface area contributed by atoms with Crippen molar-refractivity contribution in [1.29, 1.82) is 0 Å². The van der Waals surface area contributed by atoms with Gasteiger partial charge in [0.1, 0.15) is 11.3 Å². The molecule has 1 aliphatic carbocycles. The highest BCUT2D eigenvalue weighted by Gasteiger charge is 2.52. The predicted molar refractivity (Wildman–Crippen MR) is 160 cm³/mol. The minimum atomic E-state index is -1.22. The van der Waals surface area contributed by atoms with Crippen LogP contribution in [0.25, 0.3) is 5.65 Å². The molecule has 2 aliphatic heterocycles. The molecule has 5 heterocycles. The highest BCUT2D eigenvalue weighted by molar-refractivity contribution is 5.91. The third kappa shape index (κ3) is 4.74. The van der Waals surface area contributed by atoms with Gasteiger partial charge in [0.25, 0.3) is 5.91 Å². The van der Waals surface area contributed by atoms with Crippen LogP contribution in [-0.2, 0) is 11.0 Å². The molecule has 10 nitrogen and oxygen atoms in total. The Hall–Kier alpha value is -4.31. The first-order chi connectivity index (χ1) is 20.6. The first-order valence-electron chi connectivity index (χ1n) is 15.0. The number of aromatic nitrogens is 4. The summed E-state index contributed by atoms with van der Waals surface area (Å²) < 4.78 is 1.73. The topological polar surface area (TPSA) is 124 Å². The van der Waals surface area contributed by atoms with E-state index in [9.17, 15) is 19.8 Å². The number of aryl methyl sites for hydroxylation is 1. The number of aromatic carboxylic acids is 1. The molecule has 3 aromatic heterocycles. The second kappa shape index (κ2) is 9.87. The number of carbonyl (C=O) groups excluding carboxylic acids is 1. The van der Waals surface area contributed by atoms with E-state index >= 15 is 0 Å². The number of pyridine rings is 2. The molecule has 43 heavy (non-hydrogen) atoms. The number of aliphatic hydroxyl groups is 1. The maximum Gasteiger partial charge on any atom is 0.354 e. The third-order valence-corrected chi connectivity index (χ3v) is 10.0. The summed E-state index contributed by atoms with van der Waals surface area (Å²) in [6.45, 7) is 7.22. The van der Waals surface area contributed by atoms with Crippen LogP contribution in [-0.4, -0.2) is 72.8 Å². The second-order valence-corrected chi connectivity index (χ2v) is 13.1. The molecule has 1 aromatic carbocycles. The Balaban J connectivity index is 1.07. The average molecular weight is 581 g/mol. The lowest BCUT2D eigenvalue weighted by Crippen LogP contribution is -2.33. The summed E-state index contributed by atoms with van der Waals surface area (Å²) >= 11 is 0. The van der Waals surface area contributed by atoms with Gasteiger partial charge in [0.05, 0.1) is 17.6 Å². The summed E-state index contributed by atoms with van der Waals surface area (Å²) in [6, 6.07) is 17.5. The maximum absolute atomic E-state index is 13.6. The van der Waals surface area contributed by atoms with E-state index in [0.717, 1.165) is 43.6 Å². The largest absolute Gasteiger partial charge is 0.477 e. The van der Waals surface area contributed by atoms with E-state index in [1.54, 1.807) is 21.5 Å². The summed E-state index contributed by atoms with van der Waals surface area (Å²) in [5.74, 6) is -1.15. The van der Waals surface area contributed by atoms with E-state index in [1.807, 2.05) is 13.1 Å². The number of carboxylic acids is 1. The van der Waals surface area contributed by atoms with E-state index < -0.39 is 11.6 Å². The SMILES string of the molecule is Cc1cc(N2CC[C@](C)(c3ccccc3)C2)cn2nc(C(=O)N3CCC4(CCC(O)(c5cccc(C(=O)O)n5)C4)C3)nc12. The summed E-state index contributed by atoms with van der Waals surface area (Å²) in [6.07, 6.45) is 5.42. The number of rotatable bonds is 5. The van der Waals surface area contributed by atoms with Gasteiger partial charge in [-0.05, 0) is 73.8 Å². The number of carboxylic acid groups (broad SMARTS) is 1. The van der Waals surface area contributed by atoms with Crippen molar-refractivity contribution in [1.82, 2.24) is 24.5 Å². The predicted octanol–water partition coefficient (Wildman–Crippen LogP) is 4.20. The molecule has 2 saturated heterocycles. The van der Waals surface area contributed by atoms with E-state index in [0.29, 0.717) is 37.3 Å². The van der Waals surface area contributed by atoms with Crippen LogP contribution in [0.4, 0.5) is 5.69 Å². The first-order valence-corrected chi connectivity index (χ1v) is 15.0. The first kappa shape index (κ1) is 27.5. The molecule has 222 valence electrons. The number of hydrogen-bond acceptors (Lipinski definition) is 7. The van der Waals surface area contributed by atoms with Crippen LogP contribution in [0, 0.1) is 12.3 Å². The molecule has 0 bridgehead atoms. The zero-order valence-electron chi connectivity index (χ0n) is 24.5. The summed E-state index contributed by atoms with van der Waals surface area (Å²) in [5.41, 5.74) is 2.95. The van der Waals surface area contributed by atoms with Gasteiger partial charge in [-0.15, -0.1) is 5.10 Å². The highest BCUT2D eigenvalue weighted by Crippen LogP contribution is 2.53. The Morgan fingerprint density at radius 3 is 2.53 bits per heavy atom. The maximum atomic E-state index is 13.6. The molecule has 3 fully saturated rings. The van der Waals surface area contributed by atoms with Crippen LogP contribution in [0.2, 0.25) is 0 Å². The van der Waals surface area contributed by atoms with Crippen molar-refractivity contribution in [2.24, 2.45) is 5.41 Å². The minimum absolute atomic E-state index is 0.0703. The number of nitrogens with zero attached hydrogens (tertiary/aromatic N) is 6. The molecule has 7 rings (SSSR count). The second-order valence-electron chi connectivity index (χ2n) is 13.1. The fourth-order valence-corrected chi connectivity index (χ4v) is 7.55. The standard InChI is InChI=1S/C33H36N6O4/c1-22-17-24(37-15-13-31(2,20-37)23-7-4-3-5-8-23)18-39-28(22)35-27(36-39)29(40)38-16-14-32(21-38)11-12-33(43,19-32)26-10-6-9-25(34-26)30(41)42/h3-10,17-18,43H,11-16,19-21H2,1-2H3,(H,41,42)/t31-,32?,33?/m0/s1. The van der Waals surface area contributed by atoms with E-state index in [4.69, 9.17) is 0 Å². The summed E-state index contributed by atoms with van der Waals surface area (Å²) in [4.78, 5) is 38.1. The lowest BCUT2D eigenvalue weighted by molar-refractivity contribution is 0.0259. The minimum Gasteiger partial charge on any atom is -0.477 e. The van der Waals surface area contributed by atoms with E-state index in [1.165, 1.54) is 11.6 Å². The average Bonchev–Trinajstić information content (AvgIpc) is 3.80. The number of fused-ring (bicyclic) bond motifs is 1. The van der Waals surface area contributed by atoms with Crippen LogP contribution < -0.4 is 4.90 Å². The van der Waals surface area contributed by atoms with Crippen molar-refractivity contribution in [3.05, 3.63) is 89.1 Å². The molecule has 1 saturated carbocycles. The molecule has 1 amide bonds. The zero-order valence-corrected chi connectivity index (χ0v) is 24.5. The van der Waals surface area contributed by atoms with Crippen molar-refractivity contribution < 1.29 is 19.8 Å². The van der Waals surface area contributed by atoms with Gasteiger partial charge in [-0.3, -0.25) is 4.79 Å². The Morgan fingerprint density at radius 2 is 1.74 bits per heavy atom. The number of benzene rings is 1. The Morgan fingerprint density at radius 1 is 0.930 bits per heavy atom. The van der Waals surface area contributed by atoms with Crippen LogP contribution in [0.5, 0.6) is 0 Å². The van der Waals surface area contributed by atoms with Crippen LogP contribution in [0.3, 0.4) is 0 Å². The van der Waals surface area contributed by atoms with Crippen LogP contribution in [0.15, 0.2) is 60.8 Å². The van der Waals surface area contributed by atoms with E-state index in [-0.39, 0.29) is 28.3 Å². The molecular formula is C33H36N6O4. The smallest absolute Gasteiger partial charge is 0.354 e. The van der Waals surface area contributed by atoms with Gasteiger partial charge in [0.2, 0.25) is 5.82 Å². The molecule has 2 N–H and O–H groups in total. The Kier molecular flexibility index (Phi) is 6.32. The molecule has 3 atom stereocenters. The normalized spacial score (nSPS) is 27.0.